The van der Waals surface area contributed by atoms with Crippen molar-refractivity contribution in [2.24, 2.45) is 5.92 Å². The number of aromatic amines is 2. The smallest absolute Gasteiger partial charge is 0.312 e. The van der Waals surface area contributed by atoms with Crippen molar-refractivity contribution in [1.29, 1.82) is 0 Å². The summed E-state index contributed by atoms with van der Waals surface area (Å²) in [5.41, 5.74) is -0.0154. The summed E-state index contributed by atoms with van der Waals surface area (Å²) < 4.78 is 15.7. The van der Waals surface area contributed by atoms with Crippen LogP contribution in [0.1, 0.15) is 29.7 Å². The van der Waals surface area contributed by atoms with Crippen LogP contribution < -0.4 is 15.0 Å². The molecule has 0 bridgehead atoms. The number of carbonyl (C=O) groups excluding carboxylic acids is 1. The fourth-order valence-corrected chi connectivity index (χ4v) is 3.85. The molecule has 4 rings (SSSR count). The molecule has 1 aliphatic heterocycles. The zero-order chi connectivity index (χ0) is 17.8. The highest BCUT2D eigenvalue weighted by Gasteiger charge is 2.51. The first-order chi connectivity index (χ1) is 11.9. The Morgan fingerprint density at radius 1 is 1.32 bits per heavy atom. The molecule has 1 aliphatic carbocycles. The molecule has 1 aromatic carbocycles. The molecule has 3 N–H and O–H groups in total. The zero-order valence-electron chi connectivity index (χ0n) is 13.8. The van der Waals surface area contributed by atoms with Gasteiger partial charge in [-0.05, 0) is 24.6 Å². The van der Waals surface area contributed by atoms with Gasteiger partial charge in [-0.25, -0.2) is 0 Å². The lowest BCUT2D eigenvalue weighted by Gasteiger charge is -2.40. The predicted octanol–water partition coefficient (Wildman–Crippen LogP) is 0.660. The van der Waals surface area contributed by atoms with Crippen molar-refractivity contribution >= 4 is 5.97 Å². The van der Waals surface area contributed by atoms with Crippen LogP contribution in [0.3, 0.4) is 0 Å². The maximum atomic E-state index is 12.5. The van der Waals surface area contributed by atoms with Gasteiger partial charge in [-0.3, -0.25) is 14.7 Å². The maximum absolute atomic E-state index is 12.5. The molecule has 2 aliphatic rings. The standard InChI is InChI=1S/C17H18N2O6/c1-17(22)6-9-13(15(20)19-18-9)12(14(17)16(21)23-2)8-3-4-10-11(5-8)25-7-24-10/h3-5,12,14,22H,6-7H2,1-2H3,(H2,18,19,20). The third-order valence-electron chi connectivity index (χ3n) is 4.96. The molecular formula is C17H18N2O6. The van der Waals surface area contributed by atoms with Crippen molar-refractivity contribution in [3.05, 3.63) is 45.4 Å². The zero-order valence-corrected chi connectivity index (χ0v) is 13.8. The summed E-state index contributed by atoms with van der Waals surface area (Å²) in [4.78, 5) is 24.9. The molecule has 2 heterocycles. The van der Waals surface area contributed by atoms with Crippen molar-refractivity contribution in [3.63, 3.8) is 0 Å². The van der Waals surface area contributed by atoms with E-state index in [2.05, 4.69) is 10.2 Å². The number of hydrogen-bond acceptors (Lipinski definition) is 6. The molecular weight excluding hydrogens is 328 g/mol. The molecule has 0 spiro atoms. The average Bonchev–Trinajstić information content (AvgIpc) is 3.18. The van der Waals surface area contributed by atoms with Crippen molar-refractivity contribution in [1.82, 2.24) is 10.2 Å². The van der Waals surface area contributed by atoms with Crippen molar-refractivity contribution in [2.75, 3.05) is 13.9 Å². The van der Waals surface area contributed by atoms with Crippen molar-refractivity contribution in [2.45, 2.75) is 24.9 Å². The van der Waals surface area contributed by atoms with E-state index in [0.29, 0.717) is 28.3 Å². The second kappa shape index (κ2) is 5.38. The SMILES string of the molecule is COC(=O)C1C(c2ccc3c(c2)OCO3)c2c([nH][nH]c2=O)CC1(C)O. The van der Waals surface area contributed by atoms with Crippen LogP contribution in [0.15, 0.2) is 23.0 Å². The minimum atomic E-state index is -1.38. The molecule has 3 atom stereocenters. The van der Waals surface area contributed by atoms with Gasteiger partial charge in [0.05, 0.1) is 18.6 Å². The van der Waals surface area contributed by atoms with Crippen LogP contribution >= 0.6 is 0 Å². The normalized spacial score (nSPS) is 27.0. The van der Waals surface area contributed by atoms with E-state index in [0.717, 1.165) is 0 Å². The highest BCUT2D eigenvalue weighted by atomic mass is 16.7. The van der Waals surface area contributed by atoms with E-state index in [1.807, 2.05) is 0 Å². The molecule has 1 aromatic heterocycles. The highest BCUT2D eigenvalue weighted by Crippen LogP contribution is 2.46. The van der Waals surface area contributed by atoms with Gasteiger partial charge >= 0.3 is 5.97 Å². The monoisotopic (exact) mass is 346 g/mol. The molecule has 8 nitrogen and oxygen atoms in total. The topological polar surface area (TPSA) is 114 Å². The third kappa shape index (κ3) is 2.32. The summed E-state index contributed by atoms with van der Waals surface area (Å²) in [7, 11) is 1.27. The molecule has 0 saturated heterocycles. The Bertz CT molecular complexity index is 897. The largest absolute Gasteiger partial charge is 0.469 e. The molecule has 0 amide bonds. The van der Waals surface area contributed by atoms with E-state index >= 15 is 0 Å². The summed E-state index contributed by atoms with van der Waals surface area (Å²) in [5.74, 6) is -1.03. The van der Waals surface area contributed by atoms with Gasteiger partial charge in [-0.1, -0.05) is 6.07 Å². The number of fused-ring (bicyclic) bond motifs is 2. The van der Waals surface area contributed by atoms with Crippen LogP contribution in [0.5, 0.6) is 11.5 Å². The summed E-state index contributed by atoms with van der Waals surface area (Å²) in [6, 6.07) is 5.24. The second-order valence-corrected chi connectivity index (χ2v) is 6.60. The number of carbonyl (C=O) groups is 1. The molecule has 25 heavy (non-hydrogen) atoms. The van der Waals surface area contributed by atoms with Crippen LogP contribution in [-0.4, -0.2) is 40.8 Å². The maximum Gasteiger partial charge on any atom is 0.312 e. The molecule has 2 aromatic rings. The van der Waals surface area contributed by atoms with Gasteiger partial charge in [0, 0.05) is 23.6 Å². The first kappa shape index (κ1) is 15.8. The van der Waals surface area contributed by atoms with Gasteiger partial charge < -0.3 is 24.4 Å². The number of aliphatic hydroxyl groups is 1. The summed E-state index contributed by atoms with van der Waals surface area (Å²) in [6.45, 7) is 1.69. The lowest BCUT2D eigenvalue weighted by Crippen LogP contribution is -2.49. The molecule has 0 saturated carbocycles. The van der Waals surface area contributed by atoms with E-state index in [9.17, 15) is 14.7 Å². The number of esters is 1. The van der Waals surface area contributed by atoms with Gasteiger partial charge in [-0.2, -0.15) is 0 Å². The summed E-state index contributed by atoms with van der Waals surface area (Å²) >= 11 is 0. The molecule has 0 fully saturated rings. The number of nitrogens with one attached hydrogen (secondary N) is 2. The summed E-state index contributed by atoms with van der Waals surface area (Å²) in [5, 5.41) is 16.3. The average molecular weight is 346 g/mol. The lowest BCUT2D eigenvalue weighted by molar-refractivity contribution is -0.156. The quantitative estimate of drug-likeness (QED) is 0.689. The van der Waals surface area contributed by atoms with Gasteiger partial charge in [0.25, 0.3) is 5.56 Å². The highest BCUT2D eigenvalue weighted by molar-refractivity contribution is 5.77. The van der Waals surface area contributed by atoms with E-state index in [-0.39, 0.29) is 18.8 Å². The first-order valence-electron chi connectivity index (χ1n) is 7.91. The van der Waals surface area contributed by atoms with E-state index < -0.39 is 23.4 Å². The minimum Gasteiger partial charge on any atom is -0.469 e. The Hall–Kier alpha value is -2.74. The Morgan fingerprint density at radius 3 is 2.84 bits per heavy atom. The Morgan fingerprint density at radius 2 is 2.08 bits per heavy atom. The lowest BCUT2D eigenvalue weighted by atomic mass is 9.66. The number of rotatable bonds is 2. The number of methoxy groups -OCH3 is 1. The number of ether oxygens (including phenoxy) is 3. The third-order valence-corrected chi connectivity index (χ3v) is 4.96. The number of hydrogen-bond donors (Lipinski definition) is 3. The van der Waals surface area contributed by atoms with Gasteiger partial charge in [0.1, 0.15) is 0 Å². The fourth-order valence-electron chi connectivity index (χ4n) is 3.85. The Balaban J connectivity index is 1.93. The van der Waals surface area contributed by atoms with Gasteiger partial charge in [0.15, 0.2) is 11.5 Å². The van der Waals surface area contributed by atoms with Gasteiger partial charge in [0.2, 0.25) is 6.79 Å². The van der Waals surface area contributed by atoms with Crippen LogP contribution in [0, 0.1) is 5.92 Å². The fraction of sp³-hybridized carbons (Fsp3) is 0.412. The van der Waals surface area contributed by atoms with Crippen molar-refractivity contribution in [3.8, 4) is 11.5 Å². The molecule has 8 heteroatoms. The predicted molar refractivity (Wildman–Crippen MR) is 85.7 cm³/mol. The minimum absolute atomic E-state index is 0.123. The number of benzene rings is 1. The summed E-state index contributed by atoms with van der Waals surface area (Å²) in [6.07, 6.45) is 0.141. The Labute approximate surface area is 142 Å². The Kier molecular flexibility index (Phi) is 3.40. The van der Waals surface area contributed by atoms with Gasteiger partial charge in [-0.15, -0.1) is 0 Å². The van der Waals surface area contributed by atoms with E-state index in [4.69, 9.17) is 14.2 Å². The first-order valence-corrected chi connectivity index (χ1v) is 7.91. The van der Waals surface area contributed by atoms with Crippen LogP contribution in [-0.2, 0) is 16.0 Å². The van der Waals surface area contributed by atoms with E-state index in [1.165, 1.54) is 7.11 Å². The molecule has 132 valence electrons. The number of H-pyrrole nitrogens is 2. The van der Waals surface area contributed by atoms with Crippen LogP contribution in [0.2, 0.25) is 0 Å². The van der Waals surface area contributed by atoms with Crippen LogP contribution in [0.25, 0.3) is 0 Å². The second-order valence-electron chi connectivity index (χ2n) is 6.60. The number of aromatic nitrogens is 2. The van der Waals surface area contributed by atoms with Crippen LogP contribution in [0.4, 0.5) is 0 Å². The molecule has 0 radical (unpaired) electrons. The van der Waals surface area contributed by atoms with E-state index in [1.54, 1.807) is 25.1 Å². The molecule has 3 unspecified atom stereocenters. The van der Waals surface area contributed by atoms with Crippen molar-refractivity contribution < 1.29 is 24.1 Å².